The Hall–Kier alpha value is -2.37. The maximum atomic E-state index is 13.5. The molecule has 2 aliphatic rings. The van der Waals surface area contributed by atoms with Gasteiger partial charge in [-0.15, -0.1) is 12.4 Å². The summed E-state index contributed by atoms with van der Waals surface area (Å²) in [5.41, 5.74) is 7.94. The van der Waals surface area contributed by atoms with Crippen molar-refractivity contribution in [3.8, 4) is 0 Å². The van der Waals surface area contributed by atoms with Crippen molar-refractivity contribution in [1.29, 1.82) is 0 Å². The first-order valence-electron chi connectivity index (χ1n) is 10.5. The Morgan fingerprint density at radius 2 is 1.67 bits per heavy atom. The molecule has 6 heteroatoms. The van der Waals surface area contributed by atoms with Gasteiger partial charge in [0.1, 0.15) is 0 Å². The van der Waals surface area contributed by atoms with Crippen LogP contribution in [0, 0.1) is 11.8 Å². The third-order valence-corrected chi connectivity index (χ3v) is 6.29. The van der Waals surface area contributed by atoms with E-state index in [0.717, 1.165) is 30.6 Å². The Balaban J connectivity index is 0.00000256. The van der Waals surface area contributed by atoms with Gasteiger partial charge in [-0.25, -0.2) is 0 Å². The second-order valence-electron chi connectivity index (χ2n) is 8.18. The number of likely N-dealkylation sites (tertiary alicyclic amines) is 2. The van der Waals surface area contributed by atoms with Gasteiger partial charge >= 0.3 is 0 Å². The van der Waals surface area contributed by atoms with Gasteiger partial charge in [-0.2, -0.15) is 0 Å². The average molecular weight is 428 g/mol. The summed E-state index contributed by atoms with van der Waals surface area (Å²) >= 11 is 0. The quantitative estimate of drug-likeness (QED) is 0.795. The standard InChI is InChI=1S/C24H29N3O2.ClH/c25-15-19-13-14-26(16-19)24(29)21-11-12-22(28)27(17-18-7-3-1-4-8-18)23(21)20-9-5-2-6-10-20;/h1-10,19,21,23H,11-17,25H2;1H. The Bertz CT molecular complexity index is 846. The number of nitrogens with zero attached hydrogens (tertiary/aromatic N) is 2. The van der Waals surface area contributed by atoms with Crippen molar-refractivity contribution in [2.24, 2.45) is 17.6 Å². The lowest BCUT2D eigenvalue weighted by atomic mass is 9.83. The lowest BCUT2D eigenvalue weighted by Crippen LogP contribution is -2.48. The average Bonchev–Trinajstić information content (AvgIpc) is 3.25. The monoisotopic (exact) mass is 427 g/mol. The minimum atomic E-state index is -0.234. The number of nitrogens with two attached hydrogens (primary N) is 1. The van der Waals surface area contributed by atoms with Gasteiger partial charge in [0.25, 0.3) is 0 Å². The molecule has 2 aromatic carbocycles. The fourth-order valence-electron chi connectivity index (χ4n) is 4.70. The molecule has 3 unspecified atom stereocenters. The summed E-state index contributed by atoms with van der Waals surface area (Å²) in [5, 5.41) is 0. The Morgan fingerprint density at radius 3 is 2.30 bits per heavy atom. The summed E-state index contributed by atoms with van der Waals surface area (Å²) in [4.78, 5) is 30.3. The molecule has 0 aliphatic carbocycles. The van der Waals surface area contributed by atoms with Crippen molar-refractivity contribution in [2.75, 3.05) is 19.6 Å². The van der Waals surface area contributed by atoms with Crippen LogP contribution in [-0.2, 0) is 16.1 Å². The molecular formula is C24H30ClN3O2. The molecule has 2 aliphatic heterocycles. The highest BCUT2D eigenvalue weighted by Crippen LogP contribution is 2.39. The van der Waals surface area contributed by atoms with E-state index in [-0.39, 0.29) is 36.2 Å². The molecule has 0 radical (unpaired) electrons. The van der Waals surface area contributed by atoms with E-state index in [9.17, 15) is 9.59 Å². The van der Waals surface area contributed by atoms with Crippen molar-refractivity contribution in [3.63, 3.8) is 0 Å². The van der Waals surface area contributed by atoms with Crippen LogP contribution in [-0.4, -0.2) is 41.2 Å². The molecule has 5 nitrogen and oxygen atoms in total. The maximum Gasteiger partial charge on any atom is 0.228 e. The van der Waals surface area contributed by atoms with Crippen LogP contribution in [0.1, 0.15) is 36.4 Å². The lowest BCUT2D eigenvalue weighted by Gasteiger charge is -2.42. The maximum absolute atomic E-state index is 13.5. The molecule has 2 aromatic rings. The van der Waals surface area contributed by atoms with Gasteiger partial charge in [-0.3, -0.25) is 9.59 Å². The van der Waals surface area contributed by atoms with Crippen LogP contribution >= 0.6 is 12.4 Å². The smallest absolute Gasteiger partial charge is 0.228 e. The number of hydrogen-bond acceptors (Lipinski definition) is 3. The molecular weight excluding hydrogens is 398 g/mol. The first kappa shape index (κ1) is 22.3. The van der Waals surface area contributed by atoms with E-state index < -0.39 is 0 Å². The van der Waals surface area contributed by atoms with Crippen molar-refractivity contribution in [2.45, 2.75) is 31.8 Å². The summed E-state index contributed by atoms with van der Waals surface area (Å²) in [5.74, 6) is 0.462. The SMILES string of the molecule is Cl.NCC1CCN(C(=O)C2CCC(=O)N(Cc3ccccc3)C2c2ccccc2)C1. The minimum absolute atomic E-state index is 0. The van der Waals surface area contributed by atoms with Crippen LogP contribution in [0.15, 0.2) is 60.7 Å². The summed E-state index contributed by atoms with van der Waals surface area (Å²) in [6.45, 7) is 2.65. The summed E-state index contributed by atoms with van der Waals surface area (Å²) < 4.78 is 0. The highest BCUT2D eigenvalue weighted by molar-refractivity contribution is 5.85. The third-order valence-electron chi connectivity index (χ3n) is 6.29. The first-order chi connectivity index (χ1) is 14.2. The number of benzene rings is 2. The van der Waals surface area contributed by atoms with Crippen LogP contribution in [0.25, 0.3) is 0 Å². The van der Waals surface area contributed by atoms with Gasteiger partial charge in [0, 0.05) is 26.1 Å². The number of carbonyl (C=O) groups is 2. The Morgan fingerprint density at radius 1 is 1.00 bits per heavy atom. The molecule has 30 heavy (non-hydrogen) atoms. The summed E-state index contributed by atoms with van der Waals surface area (Å²) in [6.07, 6.45) is 1.99. The molecule has 2 fully saturated rings. The number of piperidine rings is 1. The van der Waals surface area contributed by atoms with Crippen LogP contribution in [0.3, 0.4) is 0 Å². The highest BCUT2D eigenvalue weighted by Gasteiger charge is 2.43. The van der Waals surface area contributed by atoms with E-state index in [1.165, 1.54) is 0 Å². The second-order valence-corrected chi connectivity index (χ2v) is 8.18. The molecule has 2 saturated heterocycles. The number of amides is 2. The van der Waals surface area contributed by atoms with E-state index in [1.807, 2.05) is 70.5 Å². The van der Waals surface area contributed by atoms with E-state index in [1.54, 1.807) is 0 Å². The van der Waals surface area contributed by atoms with Crippen LogP contribution in [0.2, 0.25) is 0 Å². The van der Waals surface area contributed by atoms with Crippen molar-refractivity contribution >= 4 is 24.2 Å². The Labute approximate surface area is 184 Å². The van der Waals surface area contributed by atoms with Gasteiger partial charge in [0.15, 0.2) is 0 Å². The van der Waals surface area contributed by atoms with Crippen LogP contribution in [0.4, 0.5) is 0 Å². The number of hydrogen-bond donors (Lipinski definition) is 1. The van der Waals surface area contributed by atoms with Crippen LogP contribution < -0.4 is 5.73 Å². The topological polar surface area (TPSA) is 66.6 Å². The second kappa shape index (κ2) is 10.1. The van der Waals surface area contributed by atoms with E-state index in [0.29, 0.717) is 31.8 Å². The fraction of sp³-hybridized carbons (Fsp3) is 0.417. The van der Waals surface area contributed by atoms with Crippen molar-refractivity contribution in [3.05, 3.63) is 71.8 Å². The zero-order chi connectivity index (χ0) is 20.2. The van der Waals surface area contributed by atoms with Gasteiger partial charge in [-0.1, -0.05) is 60.7 Å². The van der Waals surface area contributed by atoms with Gasteiger partial charge in [-0.05, 0) is 36.4 Å². The number of carbonyl (C=O) groups excluding carboxylic acids is 2. The van der Waals surface area contributed by atoms with Crippen molar-refractivity contribution < 1.29 is 9.59 Å². The molecule has 2 amide bonds. The zero-order valence-corrected chi connectivity index (χ0v) is 18.0. The fourth-order valence-corrected chi connectivity index (χ4v) is 4.70. The van der Waals surface area contributed by atoms with Gasteiger partial charge in [0.05, 0.1) is 12.0 Å². The molecule has 3 atom stereocenters. The molecule has 0 saturated carbocycles. The Kier molecular flexibility index (Phi) is 7.51. The number of rotatable bonds is 5. The first-order valence-corrected chi connectivity index (χ1v) is 10.5. The normalized spacial score (nSPS) is 23.9. The molecule has 0 spiro atoms. The lowest BCUT2D eigenvalue weighted by molar-refractivity contribution is -0.148. The minimum Gasteiger partial charge on any atom is -0.342 e. The summed E-state index contributed by atoms with van der Waals surface area (Å²) in [7, 11) is 0. The zero-order valence-electron chi connectivity index (χ0n) is 17.2. The third kappa shape index (κ3) is 4.68. The molecule has 4 rings (SSSR count). The molecule has 160 valence electrons. The molecule has 0 aromatic heterocycles. The molecule has 2 heterocycles. The van der Waals surface area contributed by atoms with E-state index in [2.05, 4.69) is 0 Å². The predicted molar refractivity (Wildman–Crippen MR) is 120 cm³/mol. The highest BCUT2D eigenvalue weighted by atomic mass is 35.5. The van der Waals surface area contributed by atoms with E-state index >= 15 is 0 Å². The largest absolute Gasteiger partial charge is 0.342 e. The van der Waals surface area contributed by atoms with Gasteiger partial charge < -0.3 is 15.5 Å². The number of halogens is 1. The predicted octanol–water partition coefficient (Wildman–Crippen LogP) is 3.40. The van der Waals surface area contributed by atoms with Gasteiger partial charge in [0.2, 0.25) is 11.8 Å². The molecule has 2 N–H and O–H groups in total. The summed E-state index contributed by atoms with van der Waals surface area (Å²) in [6, 6.07) is 19.8. The van der Waals surface area contributed by atoms with E-state index in [4.69, 9.17) is 5.73 Å². The van der Waals surface area contributed by atoms with Crippen LogP contribution in [0.5, 0.6) is 0 Å². The van der Waals surface area contributed by atoms with Crippen molar-refractivity contribution in [1.82, 2.24) is 9.80 Å². The molecule has 0 bridgehead atoms.